The lowest BCUT2D eigenvalue weighted by Crippen LogP contribution is -2.64. The van der Waals surface area contributed by atoms with Gasteiger partial charge in [-0.3, -0.25) is 4.79 Å². The van der Waals surface area contributed by atoms with E-state index in [0.717, 1.165) is 0 Å². The Morgan fingerprint density at radius 3 is 1.77 bits per heavy atom. The monoisotopic (exact) mass is 892 g/mol. The summed E-state index contributed by atoms with van der Waals surface area (Å²) in [6, 6.07) is 4.65. The number of esters is 1. The first kappa shape index (κ1) is 52.3. The molecule has 344 valence electrons. The van der Waals surface area contributed by atoms with Gasteiger partial charge in [-0.25, -0.2) is 24.0 Å². The molecule has 1 saturated heterocycles. The number of anilines is 1. The number of rotatable bonds is 21. The highest BCUT2D eigenvalue weighted by atomic mass is 28.4. The van der Waals surface area contributed by atoms with Gasteiger partial charge in [0, 0.05) is 13.0 Å². The van der Waals surface area contributed by atoms with E-state index in [4.69, 9.17) is 51.8 Å². The molecule has 1 aromatic rings. The van der Waals surface area contributed by atoms with E-state index in [0.29, 0.717) is 5.56 Å². The molecule has 0 unspecified atom stereocenters. The minimum Gasteiger partial charge on any atom is -0.459 e. The van der Waals surface area contributed by atoms with Gasteiger partial charge in [0.25, 0.3) is 0 Å². The van der Waals surface area contributed by atoms with Crippen LogP contribution in [0.1, 0.15) is 53.5 Å². The van der Waals surface area contributed by atoms with Crippen molar-refractivity contribution in [3.05, 3.63) is 74.4 Å². The molecular weight excluding hydrogens is 833 g/mol. The van der Waals surface area contributed by atoms with Crippen LogP contribution in [0.4, 0.5) is 24.9 Å². The quantitative estimate of drug-likeness (QED) is 0.0547. The first-order valence-electron chi connectivity index (χ1n) is 19.5. The predicted octanol–water partition coefficient (Wildman–Crippen LogP) is 7.02. The van der Waals surface area contributed by atoms with Crippen LogP contribution >= 0.6 is 0 Å². The average molecular weight is 893 g/mol. The van der Waals surface area contributed by atoms with Crippen molar-refractivity contribution in [2.45, 2.75) is 109 Å². The van der Waals surface area contributed by atoms with Gasteiger partial charge in [-0.1, -0.05) is 77.5 Å². The van der Waals surface area contributed by atoms with Crippen LogP contribution in [0.15, 0.2) is 68.8 Å². The lowest BCUT2D eigenvalue weighted by molar-refractivity contribution is -0.276. The van der Waals surface area contributed by atoms with Gasteiger partial charge in [-0.15, -0.1) is 0 Å². The van der Waals surface area contributed by atoms with E-state index in [-0.39, 0.29) is 62.5 Å². The second-order valence-electron chi connectivity index (χ2n) is 15.9. The molecule has 1 heterocycles. The topological polar surface area (TPSA) is 228 Å². The molecule has 1 aliphatic rings. The molecule has 5 atom stereocenters. The molecule has 1 aromatic carbocycles. The van der Waals surface area contributed by atoms with Gasteiger partial charge in [0.15, 0.2) is 26.6 Å². The van der Waals surface area contributed by atoms with Crippen molar-refractivity contribution in [1.29, 1.82) is 0 Å². The van der Waals surface area contributed by atoms with Gasteiger partial charge in [0.2, 0.25) is 18.3 Å². The summed E-state index contributed by atoms with van der Waals surface area (Å²) in [7, 11) is -2.26. The lowest BCUT2D eigenvalue weighted by Gasteiger charge is -2.42. The Balaban J connectivity index is 2.74. The first-order chi connectivity index (χ1) is 29.0. The van der Waals surface area contributed by atoms with Crippen molar-refractivity contribution in [2.24, 2.45) is 0 Å². The molecule has 0 aliphatic carbocycles. The highest BCUT2D eigenvalue weighted by Crippen LogP contribution is 2.38. The van der Waals surface area contributed by atoms with Crippen molar-refractivity contribution >= 4 is 50.4 Å². The number of amides is 2. The number of carbonyl (C=O) groups is 6. The van der Waals surface area contributed by atoms with Crippen molar-refractivity contribution < 1.29 is 80.6 Å². The van der Waals surface area contributed by atoms with Gasteiger partial charge in [0.05, 0.1) is 12.3 Å². The highest BCUT2D eigenvalue weighted by molar-refractivity contribution is 6.74. The fraction of sp³-hybridized carbons (Fsp3) is 0.524. The summed E-state index contributed by atoms with van der Waals surface area (Å²) in [6.45, 7) is 28.2. The fourth-order valence-corrected chi connectivity index (χ4v) is 5.76. The predicted molar refractivity (Wildman–Crippen MR) is 226 cm³/mol. The van der Waals surface area contributed by atoms with Gasteiger partial charge in [0.1, 0.15) is 37.8 Å². The number of alkyl carbamates (subject to hydrolysis) is 1. The summed E-state index contributed by atoms with van der Waals surface area (Å²) in [5.41, 5.74) is -0.118. The Kier molecular flexibility index (Phi) is 20.7. The number of hydrogen-bond acceptors (Lipinski definition) is 17. The van der Waals surface area contributed by atoms with Crippen molar-refractivity contribution in [3.8, 4) is 5.75 Å². The molecular formula is C42H60N2O17Si. The number of benzene rings is 1. The maximum Gasteiger partial charge on any atom is 0.509 e. The molecule has 62 heavy (non-hydrogen) atoms. The molecule has 2 amide bonds. The molecule has 1 fully saturated rings. The van der Waals surface area contributed by atoms with Gasteiger partial charge < -0.3 is 62.4 Å². The smallest absolute Gasteiger partial charge is 0.459 e. The molecule has 0 spiro atoms. The maximum absolute atomic E-state index is 13.6. The van der Waals surface area contributed by atoms with Crippen LogP contribution in [0.25, 0.3) is 0 Å². The van der Waals surface area contributed by atoms with Crippen molar-refractivity contribution in [2.75, 3.05) is 38.3 Å². The SMILES string of the molecule is C=CCOC(=O)O[C@@H]1[C@@H](OC(=O)OCC=C)[C@H](Oc2ccc(CO[Si](C)(C)C(C)(C)C)cc2NC(=O)CCNC(=O)OC(C)(C)C)O[C@H](C(=O)OCC=C)[C@H]1OC(=O)OCC=C. The molecule has 2 rings (SSSR count). The van der Waals surface area contributed by atoms with E-state index in [1.807, 2.05) is 0 Å². The second-order valence-corrected chi connectivity index (χ2v) is 20.7. The van der Waals surface area contributed by atoms with Crippen LogP contribution < -0.4 is 15.4 Å². The normalized spacial score (nSPS) is 18.6. The minimum atomic E-state index is -2.26. The van der Waals surface area contributed by atoms with Gasteiger partial charge in [-0.2, -0.15) is 0 Å². The summed E-state index contributed by atoms with van der Waals surface area (Å²) in [5.74, 6) is -1.87. The number of hydrogen-bond donors (Lipinski definition) is 2. The third kappa shape index (κ3) is 17.6. The van der Waals surface area contributed by atoms with Crippen LogP contribution in [0.3, 0.4) is 0 Å². The van der Waals surface area contributed by atoms with E-state index in [1.54, 1.807) is 32.9 Å². The molecule has 0 radical (unpaired) electrons. The maximum atomic E-state index is 13.6. The molecule has 2 N–H and O–H groups in total. The standard InChI is InChI=1S/C42H60N2O17Si/c1-13-21-51-35(46)33-31(58-38(48)52-22-14-2)32(59-39(49)53-23-15-3)34(60-40(50)54-24-16-4)36(57-33)56-29-18-17-27(26-55-62(11,12)42(8,9)10)25-28(29)44-30(45)19-20-43-37(47)61-41(5,6)7/h13-18,25,31-34,36H,1-4,19-24,26H2,5-12H3,(H,43,47)(H,44,45)/t31-,32-,33-,34+,36+/m0/s1. The molecule has 1 aliphatic heterocycles. The van der Waals surface area contributed by atoms with E-state index < -0.39 is 81.1 Å². The van der Waals surface area contributed by atoms with Gasteiger partial charge >= 0.3 is 30.5 Å². The summed E-state index contributed by atoms with van der Waals surface area (Å²) in [4.78, 5) is 78.2. The summed E-state index contributed by atoms with van der Waals surface area (Å²) in [6.07, 6.45) is -9.82. The molecule has 0 aromatic heterocycles. The Labute approximate surface area is 363 Å². The fourth-order valence-electron chi connectivity index (χ4n) is 4.80. The van der Waals surface area contributed by atoms with E-state index in [9.17, 15) is 28.8 Å². The third-order valence-corrected chi connectivity index (χ3v) is 13.2. The van der Waals surface area contributed by atoms with Crippen LogP contribution in [0, 0.1) is 0 Å². The minimum absolute atomic E-state index is 0.0419. The average Bonchev–Trinajstić information content (AvgIpc) is 3.18. The summed E-state index contributed by atoms with van der Waals surface area (Å²) >= 11 is 0. The first-order valence-corrected chi connectivity index (χ1v) is 22.4. The Bertz CT molecular complexity index is 1750. The third-order valence-electron chi connectivity index (χ3n) is 8.71. The van der Waals surface area contributed by atoms with E-state index in [1.165, 1.54) is 30.4 Å². The zero-order valence-electron chi connectivity index (χ0n) is 36.6. The van der Waals surface area contributed by atoms with Crippen LogP contribution in [0.5, 0.6) is 5.75 Å². The number of nitrogens with one attached hydrogen (secondary N) is 2. The Hall–Kier alpha value is -5.86. The van der Waals surface area contributed by atoms with Crippen molar-refractivity contribution in [3.63, 3.8) is 0 Å². The Morgan fingerprint density at radius 1 is 0.742 bits per heavy atom. The number of carbonyl (C=O) groups excluding carboxylic acids is 6. The molecule has 20 heteroatoms. The number of ether oxygens (including phenoxy) is 10. The van der Waals surface area contributed by atoms with Crippen LogP contribution in [-0.4, -0.2) is 114 Å². The van der Waals surface area contributed by atoms with Crippen LogP contribution in [-0.2, 0) is 63.3 Å². The summed E-state index contributed by atoms with van der Waals surface area (Å²) in [5, 5.41) is 5.14. The lowest BCUT2D eigenvalue weighted by atomic mass is 9.98. The summed E-state index contributed by atoms with van der Waals surface area (Å²) < 4.78 is 60.8. The Morgan fingerprint density at radius 2 is 1.26 bits per heavy atom. The van der Waals surface area contributed by atoms with E-state index >= 15 is 0 Å². The second kappa shape index (κ2) is 24.5. The molecule has 19 nitrogen and oxygen atoms in total. The zero-order valence-corrected chi connectivity index (χ0v) is 37.6. The zero-order chi connectivity index (χ0) is 46.7. The van der Waals surface area contributed by atoms with Crippen LogP contribution in [0.2, 0.25) is 18.1 Å². The van der Waals surface area contributed by atoms with Gasteiger partial charge in [-0.05, 0) is 56.6 Å². The molecule has 0 saturated carbocycles. The molecule has 0 bridgehead atoms. The highest BCUT2D eigenvalue weighted by Gasteiger charge is 2.57. The van der Waals surface area contributed by atoms with E-state index in [2.05, 4.69) is 70.8 Å². The van der Waals surface area contributed by atoms with Crippen molar-refractivity contribution in [1.82, 2.24) is 5.32 Å². The largest absolute Gasteiger partial charge is 0.509 e.